The summed E-state index contributed by atoms with van der Waals surface area (Å²) in [5.41, 5.74) is 0.828. The molecule has 0 aliphatic carbocycles. The Labute approximate surface area is 81.9 Å². The molecule has 0 fully saturated rings. The summed E-state index contributed by atoms with van der Waals surface area (Å²) in [6.45, 7) is 0.380. The van der Waals surface area contributed by atoms with E-state index >= 15 is 0 Å². The summed E-state index contributed by atoms with van der Waals surface area (Å²) in [6.07, 6.45) is 2.30. The number of nitrogens with zero attached hydrogens (tertiary/aromatic N) is 1. The molecule has 0 bridgehead atoms. The number of methoxy groups -OCH3 is 1. The molecule has 0 spiro atoms. The molecular formula is C10H11NO3. The lowest BCUT2D eigenvalue weighted by Crippen LogP contribution is -2.29. The third-order valence-electron chi connectivity index (χ3n) is 2.26. The van der Waals surface area contributed by atoms with Crippen molar-refractivity contribution in [1.29, 1.82) is 0 Å². The van der Waals surface area contributed by atoms with Gasteiger partial charge in [-0.25, -0.2) is 0 Å². The second-order valence-electron chi connectivity index (χ2n) is 3.18. The lowest BCUT2D eigenvalue weighted by atomic mass is 10.0. The van der Waals surface area contributed by atoms with Gasteiger partial charge in [0.1, 0.15) is 12.4 Å². The molecule has 1 unspecified atom stereocenters. The normalized spacial score (nSPS) is 19.4. The summed E-state index contributed by atoms with van der Waals surface area (Å²) in [5.74, 6) is 0.316. The Morgan fingerprint density at radius 3 is 3.36 bits per heavy atom. The first-order chi connectivity index (χ1) is 6.81. The number of hydrogen-bond acceptors (Lipinski definition) is 4. The maximum absolute atomic E-state index is 11.2. The standard InChI is InChI=1S/C10H11NO3/c1-13-10(12)7-5-8-9(14-6-7)3-2-4-11-8/h2-4,7H,5-6H2,1H3. The molecule has 1 aliphatic rings. The van der Waals surface area contributed by atoms with Gasteiger partial charge < -0.3 is 9.47 Å². The summed E-state index contributed by atoms with van der Waals surface area (Å²) in [5, 5.41) is 0. The number of aromatic nitrogens is 1. The van der Waals surface area contributed by atoms with Gasteiger partial charge >= 0.3 is 5.97 Å². The molecule has 4 heteroatoms. The largest absolute Gasteiger partial charge is 0.491 e. The first kappa shape index (κ1) is 8.99. The number of hydrogen-bond donors (Lipinski definition) is 0. The number of carbonyl (C=O) groups excluding carboxylic acids is 1. The van der Waals surface area contributed by atoms with Gasteiger partial charge in [-0.05, 0) is 12.1 Å². The molecule has 2 heterocycles. The van der Waals surface area contributed by atoms with Crippen LogP contribution in [-0.2, 0) is 16.0 Å². The Kier molecular flexibility index (Phi) is 2.35. The van der Waals surface area contributed by atoms with Crippen molar-refractivity contribution in [2.45, 2.75) is 6.42 Å². The van der Waals surface area contributed by atoms with Crippen LogP contribution in [0.5, 0.6) is 5.75 Å². The minimum Gasteiger partial charge on any atom is -0.491 e. The van der Waals surface area contributed by atoms with Crippen LogP contribution in [0, 0.1) is 5.92 Å². The molecule has 1 aromatic rings. The fraction of sp³-hybridized carbons (Fsp3) is 0.400. The molecule has 74 valence electrons. The van der Waals surface area contributed by atoms with E-state index in [4.69, 9.17) is 4.74 Å². The van der Waals surface area contributed by atoms with Crippen molar-refractivity contribution >= 4 is 5.97 Å². The van der Waals surface area contributed by atoms with Crippen LogP contribution in [0.2, 0.25) is 0 Å². The summed E-state index contributed by atoms with van der Waals surface area (Å²) in [4.78, 5) is 15.4. The number of rotatable bonds is 1. The highest BCUT2D eigenvalue weighted by Crippen LogP contribution is 2.25. The van der Waals surface area contributed by atoms with Gasteiger partial charge in [0.05, 0.1) is 18.7 Å². The lowest BCUT2D eigenvalue weighted by Gasteiger charge is -2.22. The van der Waals surface area contributed by atoms with E-state index in [1.165, 1.54) is 7.11 Å². The maximum Gasteiger partial charge on any atom is 0.312 e. The lowest BCUT2D eigenvalue weighted by molar-refractivity contribution is -0.146. The third-order valence-corrected chi connectivity index (χ3v) is 2.26. The molecule has 1 aliphatic heterocycles. The Hall–Kier alpha value is -1.58. The third kappa shape index (κ3) is 1.55. The van der Waals surface area contributed by atoms with Gasteiger partial charge in [0.2, 0.25) is 0 Å². The van der Waals surface area contributed by atoms with Gasteiger partial charge in [-0.2, -0.15) is 0 Å². The van der Waals surface area contributed by atoms with Gasteiger partial charge in [0, 0.05) is 12.6 Å². The van der Waals surface area contributed by atoms with Crippen molar-refractivity contribution in [3.8, 4) is 5.75 Å². The van der Waals surface area contributed by atoms with Crippen LogP contribution < -0.4 is 4.74 Å². The van der Waals surface area contributed by atoms with Crippen LogP contribution in [0.15, 0.2) is 18.3 Å². The van der Waals surface area contributed by atoms with E-state index in [9.17, 15) is 4.79 Å². The first-order valence-electron chi connectivity index (χ1n) is 4.46. The average molecular weight is 193 g/mol. The van der Waals surface area contributed by atoms with E-state index < -0.39 is 0 Å². The van der Waals surface area contributed by atoms with Gasteiger partial charge in [-0.3, -0.25) is 9.78 Å². The van der Waals surface area contributed by atoms with Crippen LogP contribution in [-0.4, -0.2) is 24.7 Å². The van der Waals surface area contributed by atoms with E-state index in [2.05, 4.69) is 9.72 Å². The number of ether oxygens (including phenoxy) is 2. The van der Waals surface area contributed by atoms with Crippen molar-refractivity contribution in [2.24, 2.45) is 5.92 Å². The predicted octanol–water partition coefficient (Wildman–Crippen LogP) is 0.806. The highest BCUT2D eigenvalue weighted by molar-refractivity contribution is 5.73. The molecule has 14 heavy (non-hydrogen) atoms. The fourth-order valence-electron chi connectivity index (χ4n) is 1.51. The van der Waals surface area contributed by atoms with Crippen molar-refractivity contribution in [1.82, 2.24) is 4.98 Å². The zero-order chi connectivity index (χ0) is 9.97. The smallest absolute Gasteiger partial charge is 0.312 e. The van der Waals surface area contributed by atoms with Gasteiger partial charge in [0.25, 0.3) is 0 Å². The van der Waals surface area contributed by atoms with Crippen LogP contribution in [0.4, 0.5) is 0 Å². The van der Waals surface area contributed by atoms with Crippen LogP contribution in [0.25, 0.3) is 0 Å². The van der Waals surface area contributed by atoms with E-state index in [0.717, 1.165) is 11.4 Å². The molecule has 0 aromatic carbocycles. The molecule has 1 aromatic heterocycles. The average Bonchev–Trinajstić information content (AvgIpc) is 2.27. The summed E-state index contributed by atoms with van der Waals surface area (Å²) in [7, 11) is 1.39. The molecule has 0 saturated carbocycles. The predicted molar refractivity (Wildman–Crippen MR) is 48.9 cm³/mol. The molecule has 0 radical (unpaired) electrons. The van der Waals surface area contributed by atoms with Crippen molar-refractivity contribution in [2.75, 3.05) is 13.7 Å². The zero-order valence-corrected chi connectivity index (χ0v) is 7.90. The monoisotopic (exact) mass is 193 g/mol. The summed E-state index contributed by atoms with van der Waals surface area (Å²) < 4.78 is 10.1. The Morgan fingerprint density at radius 2 is 2.57 bits per heavy atom. The van der Waals surface area contributed by atoms with Crippen molar-refractivity contribution in [3.63, 3.8) is 0 Å². The summed E-state index contributed by atoms with van der Waals surface area (Å²) >= 11 is 0. The molecule has 2 rings (SSSR count). The second-order valence-corrected chi connectivity index (χ2v) is 3.18. The first-order valence-corrected chi connectivity index (χ1v) is 4.46. The maximum atomic E-state index is 11.2. The van der Waals surface area contributed by atoms with Gasteiger partial charge in [-0.15, -0.1) is 0 Å². The van der Waals surface area contributed by atoms with Gasteiger partial charge in [-0.1, -0.05) is 0 Å². The highest BCUT2D eigenvalue weighted by atomic mass is 16.5. The SMILES string of the molecule is COC(=O)C1COc2cccnc2C1. The Balaban J connectivity index is 2.17. The van der Waals surface area contributed by atoms with Crippen molar-refractivity contribution in [3.05, 3.63) is 24.0 Å². The van der Waals surface area contributed by atoms with E-state index in [-0.39, 0.29) is 11.9 Å². The number of esters is 1. The Morgan fingerprint density at radius 1 is 1.71 bits per heavy atom. The number of pyridine rings is 1. The Bertz CT molecular complexity index is 351. The number of fused-ring (bicyclic) bond motifs is 1. The second kappa shape index (κ2) is 3.65. The number of carbonyl (C=O) groups is 1. The van der Waals surface area contributed by atoms with Crippen LogP contribution >= 0.6 is 0 Å². The molecular weight excluding hydrogens is 182 g/mol. The summed E-state index contributed by atoms with van der Waals surface area (Å²) in [6, 6.07) is 3.67. The molecule has 0 amide bonds. The molecule has 0 N–H and O–H groups in total. The molecule has 1 atom stereocenters. The van der Waals surface area contributed by atoms with E-state index in [0.29, 0.717) is 13.0 Å². The molecule has 0 saturated heterocycles. The van der Waals surface area contributed by atoms with Crippen LogP contribution in [0.3, 0.4) is 0 Å². The fourth-order valence-corrected chi connectivity index (χ4v) is 1.51. The zero-order valence-electron chi connectivity index (χ0n) is 7.90. The topological polar surface area (TPSA) is 48.4 Å². The van der Waals surface area contributed by atoms with Gasteiger partial charge in [0.15, 0.2) is 0 Å². The van der Waals surface area contributed by atoms with E-state index in [1.807, 2.05) is 12.1 Å². The minimum absolute atomic E-state index is 0.220. The quantitative estimate of drug-likeness (QED) is 0.619. The highest BCUT2D eigenvalue weighted by Gasteiger charge is 2.27. The minimum atomic E-state index is -0.235. The van der Waals surface area contributed by atoms with Crippen LogP contribution in [0.1, 0.15) is 5.69 Å². The van der Waals surface area contributed by atoms with Crippen molar-refractivity contribution < 1.29 is 14.3 Å². The molecule has 4 nitrogen and oxygen atoms in total. The van der Waals surface area contributed by atoms with E-state index in [1.54, 1.807) is 6.20 Å².